The number of carbonyl (C=O) groups excluding carboxylic acids is 1. The van der Waals surface area contributed by atoms with Crippen LogP contribution in [-0.4, -0.2) is 12.1 Å². The average Bonchev–Trinajstić information content (AvgIpc) is 2.25. The lowest BCUT2D eigenvalue weighted by Gasteiger charge is -2.09. The summed E-state index contributed by atoms with van der Waals surface area (Å²) in [5, 5.41) is 2.09. The van der Waals surface area contributed by atoms with Gasteiger partial charge in [0, 0.05) is 12.1 Å². The second-order valence-corrected chi connectivity index (χ2v) is 3.74. The van der Waals surface area contributed by atoms with Crippen molar-refractivity contribution in [3.05, 3.63) is 29.8 Å². The van der Waals surface area contributed by atoms with E-state index in [4.69, 9.17) is 0 Å². The molecule has 1 amide bonds. The molecular weight excluding hydrogens is 276 g/mol. The Hall–Kier alpha value is -1.73. The molecule has 0 spiro atoms. The summed E-state index contributed by atoms with van der Waals surface area (Å²) in [4.78, 5) is 11.1. The Morgan fingerprint density at radius 2 is 1.53 bits per heavy atom. The van der Waals surface area contributed by atoms with Gasteiger partial charge in [0.05, 0.1) is 12.0 Å². The van der Waals surface area contributed by atoms with E-state index < -0.39 is 36.7 Å². The third-order valence-corrected chi connectivity index (χ3v) is 2.13. The summed E-state index contributed by atoms with van der Waals surface area (Å²) in [6.07, 6.45) is -11.0. The Morgan fingerprint density at radius 1 is 1.00 bits per heavy atom. The molecule has 8 heteroatoms. The molecule has 0 atom stereocenters. The third kappa shape index (κ3) is 5.62. The first-order valence-corrected chi connectivity index (χ1v) is 5.12. The number of amides is 1. The molecule has 1 rings (SSSR count). The van der Waals surface area contributed by atoms with E-state index in [1.54, 1.807) is 0 Å². The molecule has 0 aliphatic carbocycles. The Labute approximate surface area is 104 Å². The lowest BCUT2D eigenvalue weighted by Crippen LogP contribution is -2.16. The molecule has 0 saturated heterocycles. The maximum absolute atomic E-state index is 12.2. The van der Waals surface area contributed by atoms with E-state index >= 15 is 0 Å². The Balaban J connectivity index is 2.56. The molecule has 0 unspecified atom stereocenters. The molecule has 106 valence electrons. The van der Waals surface area contributed by atoms with Gasteiger partial charge in [0.1, 0.15) is 0 Å². The van der Waals surface area contributed by atoms with Crippen molar-refractivity contribution < 1.29 is 31.1 Å². The van der Waals surface area contributed by atoms with Crippen molar-refractivity contribution in [2.24, 2.45) is 0 Å². The van der Waals surface area contributed by atoms with E-state index in [0.717, 1.165) is 24.3 Å². The van der Waals surface area contributed by atoms with Crippen LogP contribution in [0.2, 0.25) is 0 Å². The van der Waals surface area contributed by atoms with Crippen LogP contribution in [0.1, 0.15) is 18.4 Å². The van der Waals surface area contributed by atoms with E-state index in [1.807, 2.05) is 0 Å². The zero-order valence-corrected chi connectivity index (χ0v) is 9.40. The highest BCUT2D eigenvalue weighted by Gasteiger charge is 2.30. The second-order valence-electron chi connectivity index (χ2n) is 3.74. The van der Waals surface area contributed by atoms with Gasteiger partial charge in [-0.3, -0.25) is 4.79 Å². The lowest BCUT2D eigenvalue weighted by atomic mass is 10.2. The van der Waals surface area contributed by atoms with E-state index in [0.29, 0.717) is 0 Å². The lowest BCUT2D eigenvalue weighted by molar-refractivity contribution is -0.142. The van der Waals surface area contributed by atoms with Crippen molar-refractivity contribution in [3.63, 3.8) is 0 Å². The summed E-state index contributed by atoms with van der Waals surface area (Å²) in [6.45, 7) is 0. The van der Waals surface area contributed by atoms with Crippen molar-refractivity contribution >= 4 is 11.6 Å². The quantitative estimate of drug-likeness (QED) is 0.836. The number of halogens is 6. The van der Waals surface area contributed by atoms with Crippen LogP contribution in [0, 0.1) is 0 Å². The molecule has 0 bridgehead atoms. The largest absolute Gasteiger partial charge is 0.416 e. The van der Waals surface area contributed by atoms with Crippen LogP contribution in [0.5, 0.6) is 0 Å². The minimum atomic E-state index is -4.50. The van der Waals surface area contributed by atoms with Crippen LogP contribution >= 0.6 is 0 Å². The number of nitrogens with one attached hydrogen (secondary N) is 1. The highest BCUT2D eigenvalue weighted by Crippen LogP contribution is 2.30. The molecule has 0 aliphatic rings. The highest BCUT2D eigenvalue weighted by atomic mass is 19.4. The van der Waals surface area contributed by atoms with Crippen LogP contribution in [0.25, 0.3) is 0 Å². The van der Waals surface area contributed by atoms with Gasteiger partial charge in [-0.25, -0.2) is 0 Å². The van der Waals surface area contributed by atoms with Gasteiger partial charge < -0.3 is 5.32 Å². The van der Waals surface area contributed by atoms with Gasteiger partial charge in [-0.2, -0.15) is 26.3 Å². The number of hydrogen-bond acceptors (Lipinski definition) is 1. The second kappa shape index (κ2) is 5.50. The minimum absolute atomic E-state index is 0.0141. The Kier molecular flexibility index (Phi) is 4.43. The van der Waals surface area contributed by atoms with Gasteiger partial charge in [0.2, 0.25) is 5.91 Å². The third-order valence-electron chi connectivity index (χ3n) is 2.13. The summed E-state index contributed by atoms with van der Waals surface area (Å²) in [6, 6.07) is 3.43. The summed E-state index contributed by atoms with van der Waals surface area (Å²) >= 11 is 0. The van der Waals surface area contributed by atoms with Crippen LogP contribution < -0.4 is 5.32 Å². The molecule has 1 aromatic rings. The molecule has 0 saturated carbocycles. The zero-order chi connectivity index (χ0) is 14.7. The molecule has 2 nitrogen and oxygen atoms in total. The van der Waals surface area contributed by atoms with Gasteiger partial charge in [-0.05, 0) is 24.3 Å². The topological polar surface area (TPSA) is 29.1 Å². The predicted molar refractivity (Wildman–Crippen MR) is 55.4 cm³/mol. The molecule has 0 fully saturated rings. The molecule has 0 aliphatic heterocycles. The number of alkyl halides is 6. The van der Waals surface area contributed by atoms with Crippen LogP contribution in [0.4, 0.5) is 32.0 Å². The Bertz CT molecular complexity index is 434. The number of rotatable bonds is 3. The molecular formula is C11H9F6NO. The number of carbonyl (C=O) groups is 1. The normalized spacial score (nSPS) is 12.3. The minimum Gasteiger partial charge on any atom is -0.326 e. The van der Waals surface area contributed by atoms with Gasteiger partial charge >= 0.3 is 12.4 Å². The summed E-state index contributed by atoms with van der Waals surface area (Å²) < 4.78 is 72.2. The standard InChI is InChI=1S/C11H9F6NO/c12-10(13,14)6-5-9(19)18-8-3-1-7(2-4-8)11(15,16)17/h1-4H,5-6H2,(H,18,19). The molecule has 0 heterocycles. The fourth-order valence-electron chi connectivity index (χ4n) is 1.22. The van der Waals surface area contributed by atoms with E-state index in [-0.39, 0.29) is 5.69 Å². The molecule has 0 aromatic heterocycles. The maximum atomic E-state index is 12.2. The number of benzene rings is 1. The van der Waals surface area contributed by atoms with Gasteiger partial charge in [0.15, 0.2) is 0 Å². The number of anilines is 1. The molecule has 1 N–H and O–H groups in total. The maximum Gasteiger partial charge on any atom is 0.416 e. The van der Waals surface area contributed by atoms with Gasteiger partial charge in [-0.1, -0.05) is 0 Å². The van der Waals surface area contributed by atoms with E-state index in [1.165, 1.54) is 0 Å². The molecule has 1 aromatic carbocycles. The smallest absolute Gasteiger partial charge is 0.326 e. The first kappa shape index (κ1) is 15.3. The van der Waals surface area contributed by atoms with Gasteiger partial charge in [-0.15, -0.1) is 0 Å². The fourth-order valence-corrected chi connectivity index (χ4v) is 1.22. The first-order chi connectivity index (χ1) is 8.58. The van der Waals surface area contributed by atoms with Crippen molar-refractivity contribution in [2.75, 3.05) is 5.32 Å². The molecule has 0 radical (unpaired) electrons. The van der Waals surface area contributed by atoms with Crippen LogP contribution in [-0.2, 0) is 11.0 Å². The van der Waals surface area contributed by atoms with E-state index in [9.17, 15) is 31.1 Å². The monoisotopic (exact) mass is 285 g/mol. The van der Waals surface area contributed by atoms with Crippen LogP contribution in [0.3, 0.4) is 0 Å². The summed E-state index contributed by atoms with van der Waals surface area (Å²) in [7, 11) is 0. The first-order valence-electron chi connectivity index (χ1n) is 5.12. The van der Waals surface area contributed by atoms with Crippen LogP contribution in [0.15, 0.2) is 24.3 Å². The predicted octanol–water partition coefficient (Wildman–Crippen LogP) is 3.99. The van der Waals surface area contributed by atoms with Crippen molar-refractivity contribution in [1.82, 2.24) is 0 Å². The van der Waals surface area contributed by atoms with Crippen molar-refractivity contribution in [2.45, 2.75) is 25.2 Å². The fraction of sp³-hybridized carbons (Fsp3) is 0.364. The number of hydrogen-bond donors (Lipinski definition) is 1. The summed E-state index contributed by atoms with van der Waals surface area (Å²) in [5.74, 6) is -0.905. The molecule has 19 heavy (non-hydrogen) atoms. The van der Waals surface area contributed by atoms with Crippen molar-refractivity contribution in [1.29, 1.82) is 0 Å². The van der Waals surface area contributed by atoms with E-state index in [2.05, 4.69) is 5.32 Å². The zero-order valence-electron chi connectivity index (χ0n) is 9.40. The van der Waals surface area contributed by atoms with Gasteiger partial charge in [0.25, 0.3) is 0 Å². The highest BCUT2D eigenvalue weighted by molar-refractivity contribution is 5.90. The average molecular weight is 285 g/mol. The SMILES string of the molecule is O=C(CCC(F)(F)F)Nc1ccc(C(F)(F)F)cc1. The summed E-state index contributed by atoms with van der Waals surface area (Å²) in [5.41, 5.74) is -0.888. The van der Waals surface area contributed by atoms with Crippen molar-refractivity contribution in [3.8, 4) is 0 Å². The Morgan fingerprint density at radius 3 is 1.95 bits per heavy atom.